The van der Waals surface area contributed by atoms with Crippen molar-refractivity contribution in [3.63, 3.8) is 0 Å². The van der Waals surface area contributed by atoms with E-state index in [9.17, 15) is 23.4 Å². The van der Waals surface area contributed by atoms with Gasteiger partial charge in [-0.2, -0.15) is 0 Å². The van der Waals surface area contributed by atoms with Gasteiger partial charge in [0, 0.05) is 61.1 Å². The van der Waals surface area contributed by atoms with E-state index in [1.54, 1.807) is 65.7 Å². The molecule has 0 atom stereocenters. The first-order chi connectivity index (χ1) is 17.8. The highest BCUT2D eigenvalue weighted by Gasteiger charge is 2.23. The van der Waals surface area contributed by atoms with Crippen molar-refractivity contribution < 1.29 is 23.4 Å². The Labute approximate surface area is 214 Å². The molecule has 0 spiro atoms. The molecule has 37 heavy (non-hydrogen) atoms. The van der Waals surface area contributed by atoms with Crippen LogP contribution in [0.5, 0.6) is 11.5 Å². The Bertz CT molecular complexity index is 1540. The molecule has 1 fully saturated rings. The number of sulfonamides is 1. The Morgan fingerprint density at radius 2 is 1.65 bits per heavy atom. The summed E-state index contributed by atoms with van der Waals surface area (Å²) in [5, 5.41) is 20.4. The lowest BCUT2D eigenvalue weighted by molar-refractivity contribution is 0.0627. The number of aromatic nitrogens is 1. The summed E-state index contributed by atoms with van der Waals surface area (Å²) in [5.74, 6) is 0.0948. The molecule has 1 aromatic heterocycles. The van der Waals surface area contributed by atoms with E-state index < -0.39 is 10.0 Å². The van der Waals surface area contributed by atoms with Crippen LogP contribution in [0.4, 0.5) is 5.69 Å². The van der Waals surface area contributed by atoms with Gasteiger partial charge in [-0.25, -0.2) is 8.42 Å². The van der Waals surface area contributed by atoms with Gasteiger partial charge in [0.1, 0.15) is 16.4 Å². The van der Waals surface area contributed by atoms with E-state index in [4.69, 9.17) is 0 Å². The summed E-state index contributed by atoms with van der Waals surface area (Å²) >= 11 is 0. The van der Waals surface area contributed by atoms with E-state index in [0.29, 0.717) is 55.1 Å². The number of piperazine rings is 1. The molecule has 3 aromatic carbocycles. The van der Waals surface area contributed by atoms with Crippen molar-refractivity contribution in [2.24, 2.45) is 0 Å². The Balaban J connectivity index is 1.21. The Morgan fingerprint density at radius 3 is 2.41 bits per heavy atom. The van der Waals surface area contributed by atoms with Crippen molar-refractivity contribution >= 4 is 32.5 Å². The highest BCUT2D eigenvalue weighted by Crippen LogP contribution is 2.25. The van der Waals surface area contributed by atoms with Crippen molar-refractivity contribution in [2.45, 2.75) is 11.4 Å². The second kappa shape index (κ2) is 10.1. The zero-order valence-corrected chi connectivity index (χ0v) is 20.7. The number of aromatic hydroxyl groups is 2. The lowest BCUT2D eigenvalue weighted by Crippen LogP contribution is -2.48. The van der Waals surface area contributed by atoms with Gasteiger partial charge < -0.3 is 15.1 Å². The van der Waals surface area contributed by atoms with Gasteiger partial charge in [0.05, 0.1) is 5.52 Å². The molecular weight excluding hydrogens is 492 g/mol. The molecular formula is C27H26N4O5S. The Hall–Kier alpha value is -4.15. The molecule has 0 unspecified atom stereocenters. The fraction of sp³-hybridized carbons (Fsp3) is 0.185. The fourth-order valence-electron chi connectivity index (χ4n) is 4.42. The monoisotopic (exact) mass is 518 g/mol. The van der Waals surface area contributed by atoms with E-state index in [0.717, 1.165) is 5.39 Å². The molecule has 9 nitrogen and oxygen atoms in total. The quantitative estimate of drug-likeness (QED) is 0.334. The molecule has 1 aliphatic rings. The fourth-order valence-corrected chi connectivity index (χ4v) is 5.65. The minimum absolute atomic E-state index is 0.0858. The summed E-state index contributed by atoms with van der Waals surface area (Å²) in [7, 11) is -3.88. The Morgan fingerprint density at radius 1 is 0.919 bits per heavy atom. The van der Waals surface area contributed by atoms with Gasteiger partial charge in [-0.05, 0) is 54.6 Å². The van der Waals surface area contributed by atoms with E-state index in [-0.39, 0.29) is 22.3 Å². The number of carbonyl (C=O) groups is 1. The molecule has 0 aliphatic carbocycles. The van der Waals surface area contributed by atoms with E-state index in [1.807, 2.05) is 0 Å². The molecule has 1 saturated heterocycles. The molecule has 0 bridgehead atoms. The maximum Gasteiger partial charge on any atom is 0.264 e. The molecule has 0 radical (unpaired) electrons. The van der Waals surface area contributed by atoms with Crippen LogP contribution in [0.1, 0.15) is 15.9 Å². The van der Waals surface area contributed by atoms with Crippen LogP contribution in [-0.2, 0) is 16.6 Å². The molecule has 2 heterocycles. The molecule has 4 aromatic rings. The van der Waals surface area contributed by atoms with Crippen molar-refractivity contribution in [1.29, 1.82) is 0 Å². The van der Waals surface area contributed by atoms with Crippen LogP contribution in [-0.4, -0.2) is 65.5 Å². The van der Waals surface area contributed by atoms with Crippen LogP contribution in [0.2, 0.25) is 0 Å². The third-order valence-corrected chi connectivity index (χ3v) is 7.80. The topological polar surface area (TPSA) is 123 Å². The van der Waals surface area contributed by atoms with Crippen molar-refractivity contribution in [3.8, 4) is 11.5 Å². The SMILES string of the molecule is O=C(c1ccc(NS(=O)(=O)c2cccc3cccnc23)cc1)N1CCN(Cc2cc(O)ccc2O)CC1. The van der Waals surface area contributed by atoms with Crippen molar-refractivity contribution in [3.05, 3.63) is 90.1 Å². The number of phenolic OH excluding ortho intramolecular Hbond substituents is 2. The average molecular weight is 519 g/mol. The zero-order valence-electron chi connectivity index (χ0n) is 19.9. The Kier molecular flexibility index (Phi) is 6.68. The van der Waals surface area contributed by atoms with Gasteiger partial charge in [-0.3, -0.25) is 19.4 Å². The number of pyridine rings is 1. The normalized spacial score (nSPS) is 14.5. The molecule has 5 rings (SSSR count). The number of nitrogens with zero attached hydrogens (tertiary/aromatic N) is 3. The lowest BCUT2D eigenvalue weighted by atomic mass is 10.1. The van der Waals surface area contributed by atoms with Gasteiger partial charge in [0.15, 0.2) is 0 Å². The van der Waals surface area contributed by atoms with E-state index in [2.05, 4.69) is 14.6 Å². The van der Waals surface area contributed by atoms with Crippen LogP contribution in [0, 0.1) is 0 Å². The number of nitrogens with one attached hydrogen (secondary N) is 1. The van der Waals surface area contributed by atoms with Crippen LogP contribution in [0.3, 0.4) is 0 Å². The first kappa shape index (κ1) is 24.5. The second-order valence-electron chi connectivity index (χ2n) is 8.90. The van der Waals surface area contributed by atoms with Gasteiger partial charge in [-0.1, -0.05) is 18.2 Å². The average Bonchev–Trinajstić information content (AvgIpc) is 2.91. The van der Waals surface area contributed by atoms with E-state index >= 15 is 0 Å². The van der Waals surface area contributed by atoms with Crippen LogP contribution in [0.25, 0.3) is 10.9 Å². The summed E-state index contributed by atoms with van der Waals surface area (Å²) in [6, 6.07) is 19.4. The first-order valence-electron chi connectivity index (χ1n) is 11.8. The summed E-state index contributed by atoms with van der Waals surface area (Å²) in [4.78, 5) is 21.2. The predicted octanol–water partition coefficient (Wildman–Crippen LogP) is 3.40. The number of anilines is 1. The third-order valence-electron chi connectivity index (χ3n) is 6.39. The first-order valence-corrected chi connectivity index (χ1v) is 13.3. The smallest absolute Gasteiger partial charge is 0.264 e. The minimum Gasteiger partial charge on any atom is -0.508 e. The standard InChI is InChI=1S/C27H26N4O5S/c32-23-10-11-24(33)21(17-23)18-30-13-15-31(16-14-30)27(34)20-6-8-22(9-7-20)29-37(35,36)25-5-1-3-19-4-2-12-28-26(19)25/h1-12,17,29,32-33H,13-16,18H2. The zero-order chi connectivity index (χ0) is 26.0. The minimum atomic E-state index is -3.88. The van der Waals surface area contributed by atoms with Crippen LogP contribution >= 0.6 is 0 Å². The highest BCUT2D eigenvalue weighted by molar-refractivity contribution is 7.93. The number of para-hydroxylation sites is 1. The van der Waals surface area contributed by atoms with Crippen molar-refractivity contribution in [1.82, 2.24) is 14.8 Å². The van der Waals surface area contributed by atoms with Gasteiger partial charge in [-0.15, -0.1) is 0 Å². The number of amides is 1. The second-order valence-corrected chi connectivity index (χ2v) is 10.5. The molecule has 0 saturated carbocycles. The molecule has 10 heteroatoms. The highest BCUT2D eigenvalue weighted by atomic mass is 32.2. The third kappa shape index (κ3) is 5.35. The number of benzene rings is 3. The summed E-state index contributed by atoms with van der Waals surface area (Å²) in [6.45, 7) is 2.75. The number of hydrogen-bond acceptors (Lipinski definition) is 7. The molecule has 1 amide bonds. The predicted molar refractivity (Wildman–Crippen MR) is 140 cm³/mol. The number of fused-ring (bicyclic) bond motifs is 1. The number of rotatable bonds is 6. The summed E-state index contributed by atoms with van der Waals surface area (Å²) in [6.07, 6.45) is 1.55. The number of hydrogen-bond donors (Lipinski definition) is 3. The summed E-state index contributed by atoms with van der Waals surface area (Å²) < 4.78 is 28.6. The largest absolute Gasteiger partial charge is 0.508 e. The lowest BCUT2D eigenvalue weighted by Gasteiger charge is -2.35. The van der Waals surface area contributed by atoms with E-state index in [1.165, 1.54) is 18.2 Å². The van der Waals surface area contributed by atoms with Gasteiger partial charge >= 0.3 is 0 Å². The van der Waals surface area contributed by atoms with Gasteiger partial charge in [0.2, 0.25) is 0 Å². The molecule has 3 N–H and O–H groups in total. The number of carbonyl (C=O) groups excluding carboxylic acids is 1. The maximum absolute atomic E-state index is 13.0. The number of phenols is 2. The maximum atomic E-state index is 13.0. The molecule has 1 aliphatic heterocycles. The molecule has 190 valence electrons. The van der Waals surface area contributed by atoms with Gasteiger partial charge in [0.25, 0.3) is 15.9 Å². The van der Waals surface area contributed by atoms with Crippen molar-refractivity contribution in [2.75, 3.05) is 30.9 Å². The van der Waals surface area contributed by atoms with Crippen LogP contribution < -0.4 is 4.72 Å². The van der Waals surface area contributed by atoms with Crippen LogP contribution in [0.15, 0.2) is 83.9 Å². The summed E-state index contributed by atoms with van der Waals surface area (Å²) in [5.41, 5.74) is 1.84.